The summed E-state index contributed by atoms with van der Waals surface area (Å²) in [7, 11) is -0.880. The van der Waals surface area contributed by atoms with Crippen molar-refractivity contribution in [3.63, 3.8) is 0 Å². The van der Waals surface area contributed by atoms with Gasteiger partial charge in [-0.05, 0) is 47.8 Å². The molecule has 0 saturated carbocycles. The first-order valence-corrected chi connectivity index (χ1v) is 11.5. The Balaban J connectivity index is 2.12. The quantitative estimate of drug-likeness (QED) is 0.698. The summed E-state index contributed by atoms with van der Waals surface area (Å²) in [5.74, 6) is 1.10. The van der Waals surface area contributed by atoms with E-state index in [0.29, 0.717) is 34.0 Å². The zero-order chi connectivity index (χ0) is 19.6. The lowest BCUT2D eigenvalue weighted by Crippen LogP contribution is -2.21. The molecule has 7 nitrogen and oxygen atoms in total. The molecule has 27 heavy (non-hydrogen) atoms. The van der Waals surface area contributed by atoms with Crippen LogP contribution in [0.1, 0.15) is 42.1 Å². The van der Waals surface area contributed by atoms with Crippen LogP contribution >= 0.6 is 15.9 Å². The summed E-state index contributed by atoms with van der Waals surface area (Å²) in [6.07, 6.45) is 4.21. The smallest absolute Gasteiger partial charge is 0.277 e. The summed E-state index contributed by atoms with van der Waals surface area (Å²) in [5.41, 5.74) is 0.326. The summed E-state index contributed by atoms with van der Waals surface area (Å²) in [5, 5.41) is 2.78. The maximum Gasteiger partial charge on any atom is 0.277 e. The van der Waals surface area contributed by atoms with Crippen LogP contribution in [-0.2, 0) is 16.3 Å². The molecule has 2 heterocycles. The molecule has 2 aromatic rings. The standard InChI is InChI=1S/C18H22BrN3O4S/c1-3-22-18(24)13(11-20-22)17(23)12-7-8-14(26-2)16(15(12)19)21-27(25)9-5-4-6-10-27/h7-8,11,20H,3-6,9-10H2,1-2H3. The van der Waals surface area contributed by atoms with Crippen molar-refractivity contribution in [1.29, 1.82) is 0 Å². The second kappa shape index (κ2) is 8.02. The van der Waals surface area contributed by atoms with Gasteiger partial charge < -0.3 is 9.84 Å². The number of aromatic nitrogens is 2. The summed E-state index contributed by atoms with van der Waals surface area (Å²) in [6, 6.07) is 3.20. The number of ketones is 1. The minimum Gasteiger partial charge on any atom is -0.494 e. The number of nitrogens with zero attached hydrogens (tertiary/aromatic N) is 2. The zero-order valence-corrected chi connectivity index (χ0v) is 17.7. The molecular weight excluding hydrogens is 434 g/mol. The van der Waals surface area contributed by atoms with Gasteiger partial charge in [-0.3, -0.25) is 14.3 Å². The van der Waals surface area contributed by atoms with Gasteiger partial charge in [0.2, 0.25) is 5.78 Å². The van der Waals surface area contributed by atoms with E-state index in [0.717, 1.165) is 19.3 Å². The van der Waals surface area contributed by atoms with Crippen LogP contribution in [0.15, 0.2) is 32.0 Å². The number of halogens is 1. The first-order chi connectivity index (χ1) is 12.9. The Hall–Kier alpha value is -1.87. The van der Waals surface area contributed by atoms with Crippen molar-refractivity contribution in [3.8, 4) is 5.75 Å². The average molecular weight is 456 g/mol. The Morgan fingerprint density at radius 1 is 1.30 bits per heavy atom. The highest BCUT2D eigenvalue weighted by molar-refractivity contribution is 9.10. The first-order valence-electron chi connectivity index (χ1n) is 8.82. The van der Waals surface area contributed by atoms with E-state index in [-0.39, 0.29) is 16.7 Å². The van der Waals surface area contributed by atoms with Gasteiger partial charge in [0.05, 0.1) is 21.3 Å². The zero-order valence-electron chi connectivity index (χ0n) is 15.3. The number of carbonyl (C=O) groups is 1. The maximum atomic E-state index is 13.1. The van der Waals surface area contributed by atoms with Gasteiger partial charge in [0, 0.05) is 29.8 Å². The highest BCUT2D eigenvalue weighted by Gasteiger charge is 2.23. The highest BCUT2D eigenvalue weighted by atomic mass is 79.9. The van der Waals surface area contributed by atoms with Crippen molar-refractivity contribution in [3.05, 3.63) is 44.3 Å². The number of nitrogens with one attached hydrogen (secondary N) is 1. The molecule has 0 bridgehead atoms. The summed E-state index contributed by atoms with van der Waals surface area (Å²) >= 11 is 3.43. The third-order valence-electron chi connectivity index (χ3n) is 4.63. The number of rotatable bonds is 5. The molecule has 0 radical (unpaired) electrons. The van der Waals surface area contributed by atoms with Crippen LogP contribution in [0.25, 0.3) is 0 Å². The first kappa shape index (κ1) is 19.9. The SMILES string of the molecule is CCn1[nH]cc(C(=O)c2ccc(OC)c(N=S3(=O)CCCCC3)c2Br)c1=O. The predicted molar refractivity (Wildman–Crippen MR) is 109 cm³/mol. The second-order valence-corrected chi connectivity index (χ2v) is 9.71. The van der Waals surface area contributed by atoms with Crippen LogP contribution in [0.3, 0.4) is 0 Å². The van der Waals surface area contributed by atoms with Crippen LogP contribution < -0.4 is 10.3 Å². The van der Waals surface area contributed by atoms with E-state index in [4.69, 9.17) is 4.74 Å². The van der Waals surface area contributed by atoms with E-state index >= 15 is 0 Å². The number of carbonyl (C=O) groups excluding carboxylic acids is 1. The Morgan fingerprint density at radius 2 is 2.00 bits per heavy atom. The van der Waals surface area contributed by atoms with Crippen LogP contribution in [0.4, 0.5) is 5.69 Å². The number of methoxy groups -OCH3 is 1. The fraction of sp³-hybridized carbons (Fsp3) is 0.444. The molecule has 0 aliphatic carbocycles. The Kier molecular flexibility index (Phi) is 5.90. The van der Waals surface area contributed by atoms with E-state index in [2.05, 4.69) is 25.4 Å². The molecule has 1 N–H and O–H groups in total. The Bertz CT molecular complexity index is 1040. The molecule has 0 unspecified atom stereocenters. The molecule has 1 aliphatic heterocycles. The van der Waals surface area contributed by atoms with E-state index in [9.17, 15) is 13.8 Å². The lowest BCUT2D eigenvalue weighted by atomic mass is 10.1. The van der Waals surface area contributed by atoms with Crippen LogP contribution in [0.5, 0.6) is 5.75 Å². The molecule has 9 heteroatoms. The number of benzene rings is 1. The minimum absolute atomic E-state index is 0.0514. The van der Waals surface area contributed by atoms with Gasteiger partial charge in [0.1, 0.15) is 17.0 Å². The lowest BCUT2D eigenvalue weighted by Gasteiger charge is -2.17. The van der Waals surface area contributed by atoms with Gasteiger partial charge in [-0.1, -0.05) is 6.42 Å². The maximum absolute atomic E-state index is 13.1. The topological polar surface area (TPSA) is 93.5 Å². The van der Waals surface area contributed by atoms with Crippen molar-refractivity contribution < 1.29 is 13.7 Å². The van der Waals surface area contributed by atoms with Gasteiger partial charge in [-0.2, -0.15) is 4.36 Å². The molecule has 1 aliphatic rings. The summed E-state index contributed by atoms with van der Waals surface area (Å²) < 4.78 is 24.7. The van der Waals surface area contributed by atoms with Crippen LogP contribution in [-0.4, -0.2) is 38.4 Å². The summed E-state index contributed by atoms with van der Waals surface area (Å²) in [4.78, 5) is 25.2. The average Bonchev–Trinajstić information content (AvgIpc) is 3.03. The molecule has 0 spiro atoms. The van der Waals surface area contributed by atoms with Gasteiger partial charge in [0.25, 0.3) is 5.56 Å². The van der Waals surface area contributed by atoms with Gasteiger partial charge in [0.15, 0.2) is 0 Å². The fourth-order valence-electron chi connectivity index (χ4n) is 3.11. The molecule has 0 atom stereocenters. The van der Waals surface area contributed by atoms with Crippen molar-refractivity contribution in [2.45, 2.75) is 32.7 Å². The molecular formula is C18H22BrN3O4S. The molecule has 1 aromatic carbocycles. The van der Waals surface area contributed by atoms with Crippen molar-refractivity contribution in [1.82, 2.24) is 9.78 Å². The molecule has 146 valence electrons. The monoisotopic (exact) mass is 455 g/mol. The third kappa shape index (κ3) is 3.89. The van der Waals surface area contributed by atoms with E-state index in [1.807, 2.05) is 6.92 Å². The predicted octanol–water partition coefficient (Wildman–Crippen LogP) is 3.48. The molecule has 0 amide bonds. The number of ether oxygens (including phenoxy) is 1. The second-order valence-electron chi connectivity index (χ2n) is 6.38. The van der Waals surface area contributed by atoms with E-state index < -0.39 is 15.5 Å². The number of H-pyrrole nitrogens is 1. The minimum atomic E-state index is -2.38. The van der Waals surface area contributed by atoms with Gasteiger partial charge in [-0.25, -0.2) is 4.21 Å². The van der Waals surface area contributed by atoms with Crippen molar-refractivity contribution >= 4 is 37.1 Å². The Labute approximate surface area is 166 Å². The number of hydrogen-bond acceptors (Lipinski definition) is 5. The van der Waals surface area contributed by atoms with E-state index in [1.54, 1.807) is 12.1 Å². The summed E-state index contributed by atoms with van der Waals surface area (Å²) in [6.45, 7) is 2.26. The third-order valence-corrected chi connectivity index (χ3v) is 7.80. The number of aromatic amines is 1. The number of hydrogen-bond donors (Lipinski definition) is 1. The van der Waals surface area contributed by atoms with E-state index in [1.165, 1.54) is 18.0 Å². The largest absolute Gasteiger partial charge is 0.494 e. The Morgan fingerprint density at radius 3 is 2.59 bits per heavy atom. The lowest BCUT2D eigenvalue weighted by molar-refractivity contribution is 0.103. The van der Waals surface area contributed by atoms with Crippen molar-refractivity contribution in [2.75, 3.05) is 18.6 Å². The van der Waals surface area contributed by atoms with Gasteiger partial charge in [-0.15, -0.1) is 0 Å². The van der Waals surface area contributed by atoms with Crippen molar-refractivity contribution in [2.24, 2.45) is 4.36 Å². The molecule has 1 saturated heterocycles. The molecule has 3 rings (SSSR count). The highest BCUT2D eigenvalue weighted by Crippen LogP contribution is 2.40. The number of aryl methyl sites for hydroxylation is 1. The van der Waals surface area contributed by atoms with Gasteiger partial charge >= 0.3 is 0 Å². The molecule has 1 fully saturated rings. The normalized spacial score (nSPS) is 16.1. The molecule has 1 aromatic heterocycles. The van der Waals surface area contributed by atoms with Crippen LogP contribution in [0.2, 0.25) is 0 Å². The van der Waals surface area contributed by atoms with Crippen LogP contribution in [0, 0.1) is 0 Å². The fourth-order valence-corrected chi connectivity index (χ4v) is 6.04.